The monoisotopic (exact) mass is 143 g/mol. The van der Waals surface area contributed by atoms with Gasteiger partial charge in [0.15, 0.2) is 0 Å². The quantitative estimate of drug-likeness (QED) is 0.455. The smallest absolute Gasteiger partial charge is 0.427 e. The fourth-order valence-corrected chi connectivity index (χ4v) is 1.42. The molecule has 0 saturated carbocycles. The van der Waals surface area contributed by atoms with Crippen LogP contribution in [0.1, 0.15) is 12.8 Å². The van der Waals surface area contributed by atoms with Crippen molar-refractivity contribution in [1.82, 2.24) is 5.32 Å². The first-order valence-corrected chi connectivity index (χ1v) is 3.86. The molecule has 0 radical (unpaired) electrons. The number of piperidine rings is 1. The van der Waals surface area contributed by atoms with Crippen LogP contribution in [0.4, 0.5) is 0 Å². The number of rotatable bonds is 2. The van der Waals surface area contributed by atoms with Crippen LogP contribution in [0.3, 0.4) is 0 Å². The Bertz CT molecular complexity index is 93.7. The van der Waals surface area contributed by atoms with Gasteiger partial charge in [-0.25, -0.2) is 0 Å². The van der Waals surface area contributed by atoms with E-state index < -0.39 is 7.12 Å². The molecule has 0 atom stereocenters. The molecule has 1 aliphatic heterocycles. The van der Waals surface area contributed by atoms with Gasteiger partial charge in [-0.05, 0) is 38.2 Å². The Kier molecular flexibility index (Phi) is 3.18. The maximum Gasteiger partial charge on any atom is 0.451 e. The molecule has 1 saturated heterocycles. The summed E-state index contributed by atoms with van der Waals surface area (Å²) < 4.78 is 0. The van der Waals surface area contributed by atoms with E-state index in [9.17, 15) is 0 Å². The third kappa shape index (κ3) is 2.69. The summed E-state index contributed by atoms with van der Waals surface area (Å²) in [6.45, 7) is 2.05. The molecule has 4 heteroatoms. The molecule has 0 amide bonds. The van der Waals surface area contributed by atoms with E-state index in [4.69, 9.17) is 10.0 Å². The SMILES string of the molecule is OB(O)CC1CCNCC1. The maximum atomic E-state index is 8.64. The molecule has 0 unspecified atom stereocenters. The van der Waals surface area contributed by atoms with Crippen molar-refractivity contribution in [2.45, 2.75) is 19.2 Å². The standard InChI is InChI=1S/C6H14BNO2/c9-7(10)5-6-1-3-8-4-2-6/h6,8-10H,1-5H2. The van der Waals surface area contributed by atoms with Crippen molar-refractivity contribution in [3.05, 3.63) is 0 Å². The number of nitrogens with one attached hydrogen (secondary N) is 1. The molecular formula is C6H14BNO2. The summed E-state index contributed by atoms with van der Waals surface area (Å²) in [7, 11) is -1.11. The van der Waals surface area contributed by atoms with Crippen LogP contribution in [0, 0.1) is 5.92 Å². The van der Waals surface area contributed by atoms with Crippen molar-refractivity contribution in [2.24, 2.45) is 5.92 Å². The van der Waals surface area contributed by atoms with Crippen LogP contribution in [-0.4, -0.2) is 30.3 Å². The van der Waals surface area contributed by atoms with Crippen LogP contribution < -0.4 is 5.32 Å². The Balaban J connectivity index is 2.13. The van der Waals surface area contributed by atoms with Gasteiger partial charge in [0, 0.05) is 0 Å². The van der Waals surface area contributed by atoms with E-state index in [1.54, 1.807) is 0 Å². The molecular weight excluding hydrogens is 129 g/mol. The van der Waals surface area contributed by atoms with Gasteiger partial charge in [0.1, 0.15) is 0 Å². The Labute approximate surface area is 61.6 Å². The lowest BCUT2D eigenvalue weighted by molar-refractivity contribution is 0.347. The maximum absolute atomic E-state index is 8.64. The van der Waals surface area contributed by atoms with Gasteiger partial charge >= 0.3 is 7.12 Å². The lowest BCUT2D eigenvalue weighted by Crippen LogP contribution is -2.30. The molecule has 0 aromatic rings. The van der Waals surface area contributed by atoms with E-state index in [0.717, 1.165) is 25.9 Å². The third-order valence-electron chi connectivity index (χ3n) is 2.00. The van der Waals surface area contributed by atoms with Crippen LogP contribution in [0.15, 0.2) is 0 Å². The number of hydrogen-bond acceptors (Lipinski definition) is 3. The van der Waals surface area contributed by atoms with Crippen LogP contribution >= 0.6 is 0 Å². The topological polar surface area (TPSA) is 52.5 Å². The second-order valence-electron chi connectivity index (χ2n) is 2.91. The highest BCUT2D eigenvalue weighted by atomic mass is 16.4. The zero-order chi connectivity index (χ0) is 7.40. The molecule has 1 heterocycles. The highest BCUT2D eigenvalue weighted by Gasteiger charge is 2.18. The molecule has 10 heavy (non-hydrogen) atoms. The van der Waals surface area contributed by atoms with Gasteiger partial charge in [0.25, 0.3) is 0 Å². The summed E-state index contributed by atoms with van der Waals surface area (Å²) >= 11 is 0. The minimum absolute atomic E-state index is 0.515. The van der Waals surface area contributed by atoms with Gasteiger partial charge in [-0.1, -0.05) is 0 Å². The normalized spacial score (nSPS) is 21.0. The van der Waals surface area contributed by atoms with Gasteiger partial charge in [-0.2, -0.15) is 0 Å². The minimum Gasteiger partial charge on any atom is -0.427 e. The third-order valence-corrected chi connectivity index (χ3v) is 2.00. The Morgan fingerprint density at radius 1 is 1.30 bits per heavy atom. The summed E-state index contributed by atoms with van der Waals surface area (Å²) in [5.74, 6) is 0.515. The Hall–Kier alpha value is -0.0551. The van der Waals surface area contributed by atoms with Gasteiger partial charge in [0.05, 0.1) is 0 Å². The molecule has 0 spiro atoms. The second kappa shape index (κ2) is 3.96. The van der Waals surface area contributed by atoms with Crippen LogP contribution in [-0.2, 0) is 0 Å². The van der Waals surface area contributed by atoms with Crippen molar-refractivity contribution >= 4 is 7.12 Å². The highest BCUT2D eigenvalue weighted by Crippen LogP contribution is 2.16. The van der Waals surface area contributed by atoms with Crippen LogP contribution in [0.25, 0.3) is 0 Å². The molecule has 0 aromatic heterocycles. The van der Waals surface area contributed by atoms with E-state index in [0.29, 0.717) is 12.2 Å². The first-order valence-electron chi connectivity index (χ1n) is 3.86. The molecule has 58 valence electrons. The largest absolute Gasteiger partial charge is 0.451 e. The molecule has 0 bridgehead atoms. The van der Waals surface area contributed by atoms with Gasteiger partial charge in [0.2, 0.25) is 0 Å². The van der Waals surface area contributed by atoms with Crippen LogP contribution in [0.2, 0.25) is 6.32 Å². The molecule has 1 rings (SSSR count). The summed E-state index contributed by atoms with van der Waals surface area (Å²) in [4.78, 5) is 0. The summed E-state index contributed by atoms with van der Waals surface area (Å²) in [6, 6.07) is 0. The predicted octanol–water partition coefficient (Wildman–Crippen LogP) is -0.541. The molecule has 1 fully saturated rings. The average molecular weight is 143 g/mol. The summed E-state index contributed by atoms with van der Waals surface area (Å²) in [5, 5.41) is 20.5. The Morgan fingerprint density at radius 3 is 2.40 bits per heavy atom. The fourth-order valence-electron chi connectivity index (χ4n) is 1.42. The molecule has 1 aliphatic rings. The predicted molar refractivity (Wildman–Crippen MR) is 40.6 cm³/mol. The van der Waals surface area contributed by atoms with E-state index >= 15 is 0 Å². The van der Waals surface area contributed by atoms with Crippen LogP contribution in [0.5, 0.6) is 0 Å². The highest BCUT2D eigenvalue weighted by molar-refractivity contribution is 6.41. The fraction of sp³-hybridized carbons (Fsp3) is 1.00. The summed E-state index contributed by atoms with van der Waals surface area (Å²) in [5.41, 5.74) is 0. The summed E-state index contributed by atoms with van der Waals surface area (Å²) in [6.07, 6.45) is 2.71. The van der Waals surface area contributed by atoms with Gasteiger partial charge in [-0.3, -0.25) is 0 Å². The van der Waals surface area contributed by atoms with E-state index in [-0.39, 0.29) is 0 Å². The lowest BCUT2D eigenvalue weighted by Gasteiger charge is -2.21. The molecule has 0 aliphatic carbocycles. The zero-order valence-electron chi connectivity index (χ0n) is 6.08. The van der Waals surface area contributed by atoms with Crippen molar-refractivity contribution in [1.29, 1.82) is 0 Å². The van der Waals surface area contributed by atoms with E-state index in [2.05, 4.69) is 5.32 Å². The second-order valence-corrected chi connectivity index (χ2v) is 2.91. The minimum atomic E-state index is -1.11. The number of hydrogen-bond donors (Lipinski definition) is 3. The average Bonchev–Trinajstić information content (AvgIpc) is 1.88. The van der Waals surface area contributed by atoms with Gasteiger partial charge < -0.3 is 15.4 Å². The Morgan fingerprint density at radius 2 is 1.90 bits per heavy atom. The van der Waals surface area contributed by atoms with E-state index in [1.807, 2.05) is 0 Å². The lowest BCUT2D eigenvalue weighted by atomic mass is 9.75. The first kappa shape index (κ1) is 8.05. The first-order chi connectivity index (χ1) is 4.79. The molecule has 3 N–H and O–H groups in total. The van der Waals surface area contributed by atoms with Crippen molar-refractivity contribution in [3.8, 4) is 0 Å². The zero-order valence-corrected chi connectivity index (χ0v) is 6.08. The van der Waals surface area contributed by atoms with Crippen molar-refractivity contribution in [2.75, 3.05) is 13.1 Å². The molecule has 3 nitrogen and oxygen atoms in total. The van der Waals surface area contributed by atoms with E-state index in [1.165, 1.54) is 0 Å². The van der Waals surface area contributed by atoms with Crippen molar-refractivity contribution in [3.63, 3.8) is 0 Å². The molecule has 0 aromatic carbocycles. The van der Waals surface area contributed by atoms with Crippen molar-refractivity contribution < 1.29 is 10.0 Å². The van der Waals surface area contributed by atoms with Gasteiger partial charge in [-0.15, -0.1) is 0 Å².